The molecule has 4 rings (SSSR count). The third-order valence-corrected chi connectivity index (χ3v) is 6.35. The molecule has 0 saturated carbocycles. The van der Waals surface area contributed by atoms with Crippen molar-refractivity contribution in [1.82, 2.24) is 4.90 Å². The van der Waals surface area contributed by atoms with Gasteiger partial charge in [-0.05, 0) is 48.2 Å². The Labute approximate surface area is 137 Å². The molecule has 0 spiro atoms. The van der Waals surface area contributed by atoms with E-state index in [1.54, 1.807) is 12.1 Å². The third kappa shape index (κ3) is 2.60. The lowest BCUT2D eigenvalue weighted by Gasteiger charge is -2.37. The molecule has 0 radical (unpaired) electrons. The van der Waals surface area contributed by atoms with Gasteiger partial charge in [0.05, 0.1) is 4.90 Å². The second-order valence-electron chi connectivity index (χ2n) is 6.68. The normalized spacial score (nSPS) is 24.2. The van der Waals surface area contributed by atoms with Gasteiger partial charge in [0.2, 0.25) is 0 Å². The lowest BCUT2D eigenvalue weighted by molar-refractivity contribution is 0.230. The van der Waals surface area contributed by atoms with Crippen molar-refractivity contribution in [2.24, 2.45) is 0 Å². The average Bonchev–Trinajstić information content (AvgIpc) is 3.02. The summed E-state index contributed by atoms with van der Waals surface area (Å²) in [5, 5.41) is 0. The van der Waals surface area contributed by atoms with Crippen LogP contribution >= 0.6 is 0 Å². The first-order valence-corrected chi connectivity index (χ1v) is 10.1. The number of benzene rings is 2. The van der Waals surface area contributed by atoms with Crippen LogP contribution in [0.3, 0.4) is 0 Å². The number of rotatable bonds is 2. The molecule has 1 saturated heterocycles. The summed E-state index contributed by atoms with van der Waals surface area (Å²) in [6, 6.07) is 16.7. The van der Waals surface area contributed by atoms with E-state index in [9.17, 15) is 8.42 Å². The minimum atomic E-state index is -3.14. The number of sulfone groups is 1. The molecular formula is C19H21NO2S. The maximum atomic E-state index is 11.7. The van der Waals surface area contributed by atoms with Crippen LogP contribution in [0.4, 0.5) is 0 Å². The van der Waals surface area contributed by atoms with Crippen LogP contribution in [0.5, 0.6) is 0 Å². The predicted octanol–water partition coefficient (Wildman–Crippen LogP) is 3.37. The molecule has 2 aliphatic heterocycles. The molecule has 2 aliphatic rings. The highest BCUT2D eigenvalue weighted by molar-refractivity contribution is 7.90. The molecule has 0 aliphatic carbocycles. The minimum absolute atomic E-state index is 0.328. The molecule has 2 atom stereocenters. The summed E-state index contributed by atoms with van der Waals surface area (Å²) in [5.41, 5.74) is 4.06. The van der Waals surface area contributed by atoms with E-state index in [1.165, 1.54) is 35.8 Å². The van der Waals surface area contributed by atoms with Crippen molar-refractivity contribution in [2.45, 2.75) is 29.7 Å². The summed E-state index contributed by atoms with van der Waals surface area (Å²) in [7, 11) is -3.14. The van der Waals surface area contributed by atoms with E-state index >= 15 is 0 Å². The van der Waals surface area contributed by atoms with Gasteiger partial charge in [0.1, 0.15) is 0 Å². The van der Waals surface area contributed by atoms with E-state index in [-0.39, 0.29) is 0 Å². The van der Waals surface area contributed by atoms with Crippen LogP contribution in [0.2, 0.25) is 0 Å². The van der Waals surface area contributed by atoms with E-state index in [0.29, 0.717) is 16.9 Å². The minimum Gasteiger partial charge on any atom is -0.295 e. The zero-order valence-corrected chi connectivity index (χ0v) is 14.1. The van der Waals surface area contributed by atoms with E-state index < -0.39 is 9.84 Å². The predicted molar refractivity (Wildman–Crippen MR) is 91.4 cm³/mol. The van der Waals surface area contributed by atoms with Crippen LogP contribution in [0.25, 0.3) is 0 Å². The molecule has 23 heavy (non-hydrogen) atoms. The molecule has 0 unspecified atom stereocenters. The van der Waals surface area contributed by atoms with Gasteiger partial charge in [0.25, 0.3) is 0 Å². The van der Waals surface area contributed by atoms with Crippen LogP contribution in [0.15, 0.2) is 53.4 Å². The average molecular weight is 327 g/mol. The Kier molecular flexibility index (Phi) is 3.54. The fraction of sp³-hybridized carbons (Fsp3) is 0.368. The molecule has 4 heteroatoms. The van der Waals surface area contributed by atoms with Crippen LogP contribution in [-0.4, -0.2) is 32.7 Å². The summed E-state index contributed by atoms with van der Waals surface area (Å²) in [5.74, 6) is 0.328. The second-order valence-corrected chi connectivity index (χ2v) is 8.69. The third-order valence-electron chi connectivity index (χ3n) is 5.22. The molecule has 2 heterocycles. The van der Waals surface area contributed by atoms with Gasteiger partial charge in [-0.15, -0.1) is 0 Å². The van der Waals surface area contributed by atoms with Crippen molar-refractivity contribution in [1.29, 1.82) is 0 Å². The van der Waals surface area contributed by atoms with Gasteiger partial charge in [0.15, 0.2) is 9.84 Å². The molecule has 3 nitrogen and oxygen atoms in total. The first kappa shape index (κ1) is 14.9. The quantitative estimate of drug-likeness (QED) is 0.849. The summed E-state index contributed by atoms with van der Waals surface area (Å²) < 4.78 is 23.3. The van der Waals surface area contributed by atoms with Gasteiger partial charge < -0.3 is 0 Å². The van der Waals surface area contributed by atoms with Crippen LogP contribution in [0.1, 0.15) is 41.5 Å². The van der Waals surface area contributed by atoms with Gasteiger partial charge in [-0.3, -0.25) is 4.90 Å². The maximum absolute atomic E-state index is 11.7. The Hall–Kier alpha value is -1.65. The van der Waals surface area contributed by atoms with Crippen LogP contribution in [0, 0.1) is 0 Å². The van der Waals surface area contributed by atoms with Crippen LogP contribution in [-0.2, 0) is 9.84 Å². The number of fused-ring (bicyclic) bond motifs is 3. The fourth-order valence-corrected chi connectivity index (χ4v) is 4.72. The maximum Gasteiger partial charge on any atom is 0.175 e. The molecule has 120 valence electrons. The van der Waals surface area contributed by atoms with Gasteiger partial charge in [-0.1, -0.05) is 36.4 Å². The number of hydrogen-bond donors (Lipinski definition) is 0. The molecule has 0 amide bonds. The topological polar surface area (TPSA) is 37.4 Å². The summed E-state index contributed by atoms with van der Waals surface area (Å²) >= 11 is 0. The van der Waals surface area contributed by atoms with Crippen molar-refractivity contribution in [3.8, 4) is 0 Å². The van der Waals surface area contributed by atoms with Crippen molar-refractivity contribution in [3.05, 3.63) is 65.2 Å². The molecule has 2 aromatic rings. The standard InChI is InChI=1S/C19H21NO2S/c1-23(21,22)15-10-8-14(9-11-15)18-13-20-12-4-7-19(20)17-6-3-2-5-16(17)18/h2-3,5-6,8-11,18-19H,4,7,12-13H2,1H3/t18-,19-/m0/s1. The van der Waals surface area contributed by atoms with E-state index in [2.05, 4.69) is 29.2 Å². The number of hydrogen-bond acceptors (Lipinski definition) is 3. The van der Waals surface area contributed by atoms with E-state index in [1.807, 2.05) is 12.1 Å². The highest BCUT2D eigenvalue weighted by atomic mass is 32.2. The van der Waals surface area contributed by atoms with Crippen molar-refractivity contribution >= 4 is 9.84 Å². The van der Waals surface area contributed by atoms with E-state index in [4.69, 9.17) is 0 Å². The SMILES string of the molecule is CS(=O)(=O)c1ccc([C@@H]2CN3CCC[C@H]3c3ccccc32)cc1. The lowest BCUT2D eigenvalue weighted by atomic mass is 9.82. The Morgan fingerprint density at radius 1 is 1.00 bits per heavy atom. The monoisotopic (exact) mass is 327 g/mol. The van der Waals surface area contributed by atoms with Crippen molar-refractivity contribution in [3.63, 3.8) is 0 Å². The molecule has 0 bridgehead atoms. The van der Waals surface area contributed by atoms with Gasteiger partial charge in [-0.2, -0.15) is 0 Å². The zero-order chi connectivity index (χ0) is 16.0. The van der Waals surface area contributed by atoms with Crippen LogP contribution < -0.4 is 0 Å². The second kappa shape index (κ2) is 5.46. The molecule has 1 fully saturated rings. The summed E-state index contributed by atoms with van der Waals surface area (Å²) in [6.07, 6.45) is 3.77. The molecule has 2 aromatic carbocycles. The van der Waals surface area contributed by atoms with Gasteiger partial charge >= 0.3 is 0 Å². The Morgan fingerprint density at radius 3 is 2.39 bits per heavy atom. The first-order chi connectivity index (χ1) is 11.0. The Balaban J connectivity index is 1.76. The fourth-order valence-electron chi connectivity index (χ4n) is 4.09. The Morgan fingerprint density at radius 2 is 1.70 bits per heavy atom. The highest BCUT2D eigenvalue weighted by Gasteiger charge is 2.36. The largest absolute Gasteiger partial charge is 0.295 e. The van der Waals surface area contributed by atoms with Gasteiger partial charge in [-0.25, -0.2) is 8.42 Å². The Bertz CT molecular complexity index is 827. The molecule has 0 N–H and O–H groups in total. The smallest absolute Gasteiger partial charge is 0.175 e. The van der Waals surface area contributed by atoms with Crippen molar-refractivity contribution in [2.75, 3.05) is 19.3 Å². The highest BCUT2D eigenvalue weighted by Crippen LogP contribution is 2.44. The zero-order valence-electron chi connectivity index (χ0n) is 13.3. The molecular weight excluding hydrogens is 306 g/mol. The van der Waals surface area contributed by atoms with Gasteiger partial charge in [0, 0.05) is 24.8 Å². The lowest BCUT2D eigenvalue weighted by Crippen LogP contribution is -2.34. The first-order valence-electron chi connectivity index (χ1n) is 8.17. The van der Waals surface area contributed by atoms with Crippen molar-refractivity contribution < 1.29 is 8.42 Å². The molecule has 0 aromatic heterocycles. The van der Waals surface area contributed by atoms with E-state index in [0.717, 1.165) is 13.1 Å². The summed E-state index contributed by atoms with van der Waals surface area (Å²) in [6.45, 7) is 2.19. The number of nitrogens with zero attached hydrogens (tertiary/aromatic N) is 1. The summed E-state index contributed by atoms with van der Waals surface area (Å²) in [4.78, 5) is 2.97.